The Morgan fingerprint density at radius 1 is 1.36 bits per heavy atom. The molecule has 0 rings (SSSR count). The third-order valence-corrected chi connectivity index (χ3v) is 2.72. The van der Waals surface area contributed by atoms with Crippen LogP contribution >= 0.6 is 11.8 Å². The number of rotatable bonds is 6. The maximum Gasteiger partial charge on any atom is 0.0520 e. The fourth-order valence-electron chi connectivity index (χ4n) is 0.591. The van der Waals surface area contributed by atoms with Gasteiger partial charge in [-0.3, -0.25) is 0 Å². The summed E-state index contributed by atoms with van der Waals surface area (Å²) in [7, 11) is 0. The molecule has 0 bridgehead atoms. The van der Waals surface area contributed by atoms with Crippen molar-refractivity contribution in [2.45, 2.75) is 26.4 Å². The quantitative estimate of drug-likeness (QED) is 0.599. The third kappa shape index (κ3) is 8.17. The van der Waals surface area contributed by atoms with E-state index in [2.05, 4.69) is 0 Å². The van der Waals surface area contributed by atoms with Gasteiger partial charge in [-0.15, -0.1) is 0 Å². The monoisotopic (exact) mass is 178 g/mol. The Balaban J connectivity index is 3.01. The normalized spacial score (nSPS) is 16.4. The molecule has 0 aliphatic carbocycles. The number of hydrogen-bond donors (Lipinski definition) is 2. The van der Waals surface area contributed by atoms with Crippen molar-refractivity contribution in [3.8, 4) is 0 Å². The first-order chi connectivity index (χ1) is 5.16. The Morgan fingerprint density at radius 2 is 2.00 bits per heavy atom. The molecule has 0 aromatic rings. The molecule has 68 valence electrons. The smallest absolute Gasteiger partial charge is 0.0520 e. The molecule has 0 spiro atoms. The van der Waals surface area contributed by atoms with Gasteiger partial charge in [0.15, 0.2) is 0 Å². The zero-order valence-electron chi connectivity index (χ0n) is 7.29. The largest absolute Gasteiger partial charge is 0.396 e. The summed E-state index contributed by atoms with van der Waals surface area (Å²) in [4.78, 5) is 0. The lowest BCUT2D eigenvalue weighted by molar-refractivity contribution is 0.192. The van der Waals surface area contributed by atoms with Crippen LogP contribution in [0.25, 0.3) is 0 Å². The van der Waals surface area contributed by atoms with Crippen molar-refractivity contribution >= 4 is 11.8 Å². The first-order valence-electron chi connectivity index (χ1n) is 4.03. The predicted octanol–water partition coefficient (Wildman–Crippen LogP) is 1.12. The van der Waals surface area contributed by atoms with E-state index in [0.717, 1.165) is 17.9 Å². The molecule has 2 unspecified atom stereocenters. The Morgan fingerprint density at radius 3 is 2.45 bits per heavy atom. The standard InChI is InChI=1S/C8H18O2S/c1-7(5-9)6-11-4-3-8(2)10/h7-10H,3-6H2,1-2H3. The summed E-state index contributed by atoms with van der Waals surface area (Å²) < 4.78 is 0. The molecule has 0 radical (unpaired) electrons. The molecule has 0 aromatic heterocycles. The van der Waals surface area contributed by atoms with Gasteiger partial charge in [0.05, 0.1) is 6.10 Å². The summed E-state index contributed by atoms with van der Waals surface area (Å²) in [6.07, 6.45) is 0.662. The molecule has 0 aliphatic heterocycles. The van der Waals surface area contributed by atoms with Crippen LogP contribution in [0.15, 0.2) is 0 Å². The molecule has 0 saturated heterocycles. The van der Waals surface area contributed by atoms with E-state index in [-0.39, 0.29) is 12.7 Å². The van der Waals surface area contributed by atoms with E-state index in [4.69, 9.17) is 10.2 Å². The molecular formula is C8H18O2S. The van der Waals surface area contributed by atoms with Crippen LogP contribution in [0.5, 0.6) is 0 Å². The van der Waals surface area contributed by atoms with Crippen LogP contribution in [-0.4, -0.2) is 34.4 Å². The van der Waals surface area contributed by atoms with Gasteiger partial charge >= 0.3 is 0 Å². The van der Waals surface area contributed by atoms with Gasteiger partial charge in [-0.1, -0.05) is 6.92 Å². The Labute approximate surface area is 73.0 Å². The minimum atomic E-state index is -0.188. The van der Waals surface area contributed by atoms with Gasteiger partial charge in [0.1, 0.15) is 0 Å². The molecule has 2 atom stereocenters. The van der Waals surface area contributed by atoms with Crippen molar-refractivity contribution < 1.29 is 10.2 Å². The van der Waals surface area contributed by atoms with Crippen LogP contribution in [-0.2, 0) is 0 Å². The first kappa shape index (κ1) is 11.3. The van der Waals surface area contributed by atoms with E-state index in [1.54, 1.807) is 18.7 Å². The fraction of sp³-hybridized carbons (Fsp3) is 1.00. The van der Waals surface area contributed by atoms with E-state index >= 15 is 0 Å². The van der Waals surface area contributed by atoms with E-state index in [1.165, 1.54) is 0 Å². The van der Waals surface area contributed by atoms with Crippen LogP contribution in [0.4, 0.5) is 0 Å². The molecule has 0 fully saturated rings. The second kappa shape index (κ2) is 6.95. The van der Waals surface area contributed by atoms with E-state index in [0.29, 0.717) is 5.92 Å². The highest BCUT2D eigenvalue weighted by atomic mass is 32.2. The molecule has 0 saturated carbocycles. The summed E-state index contributed by atoms with van der Waals surface area (Å²) in [6.45, 7) is 4.09. The molecule has 3 heteroatoms. The number of aliphatic hydroxyl groups is 2. The summed E-state index contributed by atoms with van der Waals surface area (Å²) in [5.41, 5.74) is 0. The van der Waals surface area contributed by atoms with Gasteiger partial charge < -0.3 is 10.2 Å². The Hall–Kier alpha value is 0.270. The lowest BCUT2D eigenvalue weighted by atomic mass is 10.2. The minimum Gasteiger partial charge on any atom is -0.396 e. The Bertz CT molecular complexity index is 86.2. The van der Waals surface area contributed by atoms with Crippen molar-refractivity contribution in [3.05, 3.63) is 0 Å². The summed E-state index contributed by atoms with van der Waals surface area (Å²) in [5, 5.41) is 17.6. The fourth-order valence-corrected chi connectivity index (χ4v) is 1.77. The van der Waals surface area contributed by atoms with Gasteiger partial charge in [0, 0.05) is 6.61 Å². The average Bonchev–Trinajstić information content (AvgIpc) is 1.97. The predicted molar refractivity (Wildman–Crippen MR) is 49.9 cm³/mol. The van der Waals surface area contributed by atoms with Crippen molar-refractivity contribution in [2.24, 2.45) is 5.92 Å². The van der Waals surface area contributed by atoms with E-state index in [9.17, 15) is 0 Å². The molecule has 2 N–H and O–H groups in total. The van der Waals surface area contributed by atoms with Gasteiger partial charge in [-0.05, 0) is 30.8 Å². The zero-order chi connectivity index (χ0) is 8.69. The van der Waals surface area contributed by atoms with Crippen LogP contribution in [0, 0.1) is 5.92 Å². The van der Waals surface area contributed by atoms with Crippen LogP contribution < -0.4 is 0 Å². The maximum absolute atomic E-state index is 8.91. The van der Waals surface area contributed by atoms with Gasteiger partial charge in [0.25, 0.3) is 0 Å². The second-order valence-electron chi connectivity index (χ2n) is 3.00. The number of aliphatic hydroxyl groups excluding tert-OH is 2. The molecule has 11 heavy (non-hydrogen) atoms. The molecule has 2 nitrogen and oxygen atoms in total. The highest BCUT2D eigenvalue weighted by Crippen LogP contribution is 2.09. The molecule has 0 amide bonds. The van der Waals surface area contributed by atoms with E-state index in [1.807, 2.05) is 6.92 Å². The summed E-state index contributed by atoms with van der Waals surface area (Å²) in [5.74, 6) is 2.36. The van der Waals surface area contributed by atoms with Gasteiger partial charge in [-0.25, -0.2) is 0 Å². The van der Waals surface area contributed by atoms with Crippen molar-refractivity contribution in [3.63, 3.8) is 0 Å². The lowest BCUT2D eigenvalue weighted by Crippen LogP contribution is -2.06. The molecule has 0 aliphatic rings. The maximum atomic E-state index is 8.91. The second-order valence-corrected chi connectivity index (χ2v) is 4.15. The van der Waals surface area contributed by atoms with Crippen LogP contribution in [0.3, 0.4) is 0 Å². The average molecular weight is 178 g/mol. The third-order valence-electron chi connectivity index (χ3n) is 1.39. The van der Waals surface area contributed by atoms with Crippen LogP contribution in [0.2, 0.25) is 0 Å². The summed E-state index contributed by atoms with van der Waals surface area (Å²) >= 11 is 1.79. The zero-order valence-corrected chi connectivity index (χ0v) is 8.10. The Kier molecular flexibility index (Phi) is 7.12. The molecule has 0 aromatic carbocycles. The minimum absolute atomic E-state index is 0.188. The van der Waals surface area contributed by atoms with Crippen molar-refractivity contribution in [2.75, 3.05) is 18.1 Å². The highest BCUT2D eigenvalue weighted by Gasteiger charge is 2.00. The highest BCUT2D eigenvalue weighted by molar-refractivity contribution is 7.99. The first-order valence-corrected chi connectivity index (χ1v) is 5.19. The molecular weight excluding hydrogens is 160 g/mol. The van der Waals surface area contributed by atoms with Gasteiger partial charge in [-0.2, -0.15) is 11.8 Å². The van der Waals surface area contributed by atoms with Crippen molar-refractivity contribution in [1.82, 2.24) is 0 Å². The van der Waals surface area contributed by atoms with Crippen molar-refractivity contribution in [1.29, 1.82) is 0 Å². The van der Waals surface area contributed by atoms with Gasteiger partial charge in [0.2, 0.25) is 0 Å². The van der Waals surface area contributed by atoms with Crippen LogP contribution in [0.1, 0.15) is 20.3 Å². The van der Waals surface area contributed by atoms with E-state index < -0.39 is 0 Å². The SMILES string of the molecule is CC(O)CCSCC(C)CO. The molecule has 0 heterocycles. The number of hydrogen-bond acceptors (Lipinski definition) is 3. The number of thioether (sulfide) groups is 1. The topological polar surface area (TPSA) is 40.5 Å². The summed E-state index contributed by atoms with van der Waals surface area (Å²) in [6, 6.07) is 0. The lowest BCUT2D eigenvalue weighted by Gasteiger charge is -2.07.